The second kappa shape index (κ2) is 5.27. The van der Waals surface area contributed by atoms with Gasteiger partial charge in [-0.2, -0.15) is 0 Å². The van der Waals surface area contributed by atoms with Gasteiger partial charge in [-0.15, -0.1) is 0 Å². The Morgan fingerprint density at radius 3 is 1.92 bits per heavy atom. The van der Waals surface area contributed by atoms with E-state index in [2.05, 4.69) is 5.32 Å². The van der Waals surface area contributed by atoms with Gasteiger partial charge in [-0.1, -0.05) is 0 Å². The minimum atomic E-state index is -0.0266. The van der Waals surface area contributed by atoms with Crippen LogP contribution in [0.1, 0.15) is 32.1 Å². The summed E-state index contributed by atoms with van der Waals surface area (Å²) in [7, 11) is 0. The van der Waals surface area contributed by atoms with E-state index < -0.39 is 0 Å². The van der Waals surface area contributed by atoms with Crippen LogP contribution in [0.15, 0.2) is 0 Å². The number of carbonyl (C=O) groups excluding carboxylic acids is 1. The molecule has 0 bridgehead atoms. The molecule has 0 spiro atoms. The first-order chi connectivity index (χ1) is 5.79. The summed E-state index contributed by atoms with van der Waals surface area (Å²) in [6, 6.07) is 0. The molecule has 0 aromatic carbocycles. The first kappa shape index (κ1) is 9.68. The summed E-state index contributed by atoms with van der Waals surface area (Å²) in [6.07, 6.45) is 4.67. The number of rotatable bonds is 0. The van der Waals surface area contributed by atoms with Crippen LogP contribution in [0, 0.1) is 0 Å². The molecule has 0 aromatic heterocycles. The smallest absolute Gasteiger partial charge is 0.132 e. The Hall–Kier alpha value is -0.410. The highest BCUT2D eigenvalue weighted by Gasteiger charge is 2.09. The van der Waals surface area contributed by atoms with Crippen molar-refractivity contribution in [1.82, 2.24) is 5.32 Å². The molecule has 0 unspecified atom stereocenters. The van der Waals surface area contributed by atoms with Gasteiger partial charge in [0.05, 0.1) is 6.10 Å². The first-order valence-corrected chi connectivity index (χ1v) is 4.69. The Morgan fingerprint density at radius 1 is 1.25 bits per heavy atom. The summed E-state index contributed by atoms with van der Waals surface area (Å²) in [5, 5.41) is 12.0. The molecule has 3 nitrogen and oxygen atoms in total. The fourth-order valence-corrected chi connectivity index (χ4v) is 1.13. The molecule has 0 radical (unpaired) electrons. The van der Waals surface area contributed by atoms with E-state index >= 15 is 0 Å². The third-order valence-electron chi connectivity index (χ3n) is 2.22. The molecule has 0 atom stereocenters. The van der Waals surface area contributed by atoms with Crippen LogP contribution < -0.4 is 5.32 Å². The van der Waals surface area contributed by atoms with Crippen molar-refractivity contribution >= 4 is 5.78 Å². The maximum absolute atomic E-state index is 9.90. The Labute approximate surface area is 73.2 Å². The standard InChI is InChI=1S/C5H11NO.C4H6O/c7-5-1-3-6-4-2-5;5-4-2-1-3-4/h5-7H,1-4H2;1-3H2. The lowest BCUT2D eigenvalue weighted by Crippen LogP contribution is -2.30. The number of hydrogen-bond donors (Lipinski definition) is 2. The predicted molar refractivity (Wildman–Crippen MR) is 47.0 cm³/mol. The van der Waals surface area contributed by atoms with Gasteiger partial charge < -0.3 is 10.4 Å². The first-order valence-electron chi connectivity index (χ1n) is 4.69. The van der Waals surface area contributed by atoms with Gasteiger partial charge in [-0.25, -0.2) is 0 Å². The van der Waals surface area contributed by atoms with Crippen LogP contribution in [0.25, 0.3) is 0 Å². The van der Waals surface area contributed by atoms with Crippen molar-refractivity contribution in [3.05, 3.63) is 0 Å². The molecule has 0 amide bonds. The monoisotopic (exact) mass is 171 g/mol. The Kier molecular flexibility index (Phi) is 4.25. The molecule has 1 saturated heterocycles. The third kappa shape index (κ3) is 3.83. The molecule has 2 rings (SSSR count). The zero-order valence-electron chi connectivity index (χ0n) is 7.38. The molecule has 2 fully saturated rings. The molecule has 1 saturated carbocycles. The molecule has 70 valence electrons. The Morgan fingerprint density at radius 2 is 1.75 bits per heavy atom. The van der Waals surface area contributed by atoms with E-state index in [1.165, 1.54) is 0 Å². The minimum Gasteiger partial charge on any atom is -0.393 e. The number of piperidine rings is 1. The van der Waals surface area contributed by atoms with Gasteiger partial charge in [0.25, 0.3) is 0 Å². The quantitative estimate of drug-likeness (QED) is 0.557. The summed E-state index contributed by atoms with van der Waals surface area (Å²) >= 11 is 0. The molecule has 12 heavy (non-hydrogen) atoms. The molecule has 1 aliphatic heterocycles. The van der Waals surface area contributed by atoms with Crippen LogP contribution in [0.2, 0.25) is 0 Å². The summed E-state index contributed by atoms with van der Waals surface area (Å²) in [4.78, 5) is 9.90. The molecule has 1 heterocycles. The molecule has 1 aliphatic carbocycles. The average Bonchev–Trinajstić information content (AvgIpc) is 2.04. The number of aliphatic hydroxyl groups is 1. The highest BCUT2D eigenvalue weighted by Crippen LogP contribution is 2.10. The van der Waals surface area contributed by atoms with Gasteiger partial charge in [-0.3, -0.25) is 4.79 Å². The van der Waals surface area contributed by atoms with Gasteiger partial charge in [0, 0.05) is 12.8 Å². The predicted octanol–water partition coefficient (Wildman–Crippen LogP) is 0.470. The summed E-state index contributed by atoms with van der Waals surface area (Å²) in [5.74, 6) is 0.435. The van der Waals surface area contributed by atoms with Crippen LogP contribution in [-0.4, -0.2) is 30.1 Å². The van der Waals surface area contributed by atoms with Crippen molar-refractivity contribution in [2.24, 2.45) is 0 Å². The number of nitrogens with one attached hydrogen (secondary N) is 1. The average molecular weight is 171 g/mol. The van der Waals surface area contributed by atoms with Gasteiger partial charge in [0.15, 0.2) is 0 Å². The van der Waals surface area contributed by atoms with Crippen LogP contribution in [-0.2, 0) is 4.79 Å². The van der Waals surface area contributed by atoms with Crippen molar-refractivity contribution < 1.29 is 9.90 Å². The zero-order chi connectivity index (χ0) is 8.81. The minimum absolute atomic E-state index is 0.0266. The summed E-state index contributed by atoms with van der Waals surface area (Å²) in [6.45, 7) is 1.97. The number of aliphatic hydroxyl groups excluding tert-OH is 1. The van der Waals surface area contributed by atoms with Gasteiger partial charge >= 0.3 is 0 Å². The van der Waals surface area contributed by atoms with E-state index in [4.69, 9.17) is 5.11 Å². The lowest BCUT2D eigenvalue weighted by atomic mass is 9.99. The molecule has 2 aliphatic rings. The molecular formula is C9H17NO2. The lowest BCUT2D eigenvalue weighted by molar-refractivity contribution is -0.123. The highest BCUT2D eigenvalue weighted by molar-refractivity contribution is 5.83. The van der Waals surface area contributed by atoms with E-state index in [1.807, 2.05) is 0 Å². The maximum atomic E-state index is 9.90. The van der Waals surface area contributed by atoms with Crippen LogP contribution in [0.3, 0.4) is 0 Å². The number of Topliss-reactive ketones (excluding diaryl/α,β-unsaturated/α-hetero) is 1. The fraction of sp³-hybridized carbons (Fsp3) is 0.889. The van der Waals surface area contributed by atoms with Gasteiger partial charge in [0.2, 0.25) is 0 Å². The SMILES string of the molecule is O=C1CCC1.OC1CCNCC1. The van der Waals surface area contributed by atoms with Gasteiger partial charge in [0.1, 0.15) is 5.78 Å². The van der Waals surface area contributed by atoms with Crippen molar-refractivity contribution in [3.63, 3.8) is 0 Å². The van der Waals surface area contributed by atoms with Crippen LogP contribution >= 0.6 is 0 Å². The van der Waals surface area contributed by atoms with E-state index in [9.17, 15) is 4.79 Å². The van der Waals surface area contributed by atoms with Crippen molar-refractivity contribution in [2.75, 3.05) is 13.1 Å². The third-order valence-corrected chi connectivity index (χ3v) is 2.22. The fourth-order valence-electron chi connectivity index (χ4n) is 1.13. The Bertz CT molecular complexity index is 135. The van der Waals surface area contributed by atoms with Crippen molar-refractivity contribution in [3.8, 4) is 0 Å². The topological polar surface area (TPSA) is 49.3 Å². The zero-order valence-corrected chi connectivity index (χ0v) is 7.38. The van der Waals surface area contributed by atoms with E-state index in [0.717, 1.165) is 45.2 Å². The van der Waals surface area contributed by atoms with Gasteiger partial charge in [-0.05, 0) is 32.4 Å². The summed E-state index contributed by atoms with van der Waals surface area (Å²) in [5.41, 5.74) is 0. The second-order valence-corrected chi connectivity index (χ2v) is 3.37. The highest BCUT2D eigenvalue weighted by atomic mass is 16.3. The van der Waals surface area contributed by atoms with Crippen LogP contribution in [0.4, 0.5) is 0 Å². The lowest BCUT2D eigenvalue weighted by Gasteiger charge is -2.16. The molecule has 2 N–H and O–H groups in total. The largest absolute Gasteiger partial charge is 0.393 e. The summed E-state index contributed by atoms with van der Waals surface area (Å²) < 4.78 is 0. The maximum Gasteiger partial charge on any atom is 0.132 e. The van der Waals surface area contributed by atoms with E-state index in [0.29, 0.717) is 5.78 Å². The normalized spacial score (nSPS) is 23.9. The van der Waals surface area contributed by atoms with E-state index in [1.54, 1.807) is 0 Å². The molecule has 3 heteroatoms. The van der Waals surface area contributed by atoms with Crippen LogP contribution in [0.5, 0.6) is 0 Å². The second-order valence-electron chi connectivity index (χ2n) is 3.37. The van der Waals surface area contributed by atoms with Crippen molar-refractivity contribution in [2.45, 2.75) is 38.2 Å². The molecular weight excluding hydrogens is 154 g/mol. The molecule has 0 aromatic rings. The Balaban J connectivity index is 0.000000127. The number of carbonyl (C=O) groups is 1. The van der Waals surface area contributed by atoms with Crippen molar-refractivity contribution in [1.29, 1.82) is 0 Å². The number of ketones is 1. The van der Waals surface area contributed by atoms with E-state index in [-0.39, 0.29) is 6.10 Å². The number of hydrogen-bond acceptors (Lipinski definition) is 3.